The quantitative estimate of drug-likeness (QED) is 0.143. The maximum atomic E-state index is 2.36. The third-order valence-electron chi connectivity index (χ3n) is 8.95. The Kier molecular flexibility index (Phi) is 6.78. The van der Waals surface area contributed by atoms with Gasteiger partial charge in [0.25, 0.3) is 0 Å². The van der Waals surface area contributed by atoms with Crippen molar-refractivity contribution in [2.75, 3.05) is 0 Å². The van der Waals surface area contributed by atoms with Gasteiger partial charge in [-0.2, -0.15) is 0 Å². The van der Waals surface area contributed by atoms with E-state index < -0.39 is 0 Å². The Balaban J connectivity index is 1.23. The van der Waals surface area contributed by atoms with Crippen molar-refractivity contribution >= 4 is 86.7 Å². The largest absolute Gasteiger partial charge is 0.135 e. The summed E-state index contributed by atoms with van der Waals surface area (Å²) in [6, 6.07) is 36.0. The molecule has 0 aliphatic carbocycles. The molecule has 2 heteroatoms. The Morgan fingerprint density at radius 2 is 1.18 bits per heavy atom. The van der Waals surface area contributed by atoms with E-state index in [1.54, 1.807) is 0 Å². The highest BCUT2D eigenvalue weighted by Gasteiger charge is 2.21. The number of fused-ring (bicyclic) bond motifs is 9. The van der Waals surface area contributed by atoms with Gasteiger partial charge in [0.15, 0.2) is 0 Å². The molecule has 1 aromatic heterocycles. The SMILES string of the molecule is C/C=C\C=C(/C)c1c2ccccc2c(/C(C)=C/C=C2\Cc3ccc4c(ccc5sc6ccccc6c54)c3S2)c2ccccc12. The fourth-order valence-corrected chi connectivity index (χ4v) is 9.26. The highest BCUT2D eigenvalue weighted by Crippen LogP contribution is 2.48. The minimum absolute atomic E-state index is 0.984. The summed E-state index contributed by atoms with van der Waals surface area (Å²) in [5, 5.41) is 10.7. The summed E-state index contributed by atoms with van der Waals surface area (Å²) in [5.41, 5.74) is 6.66. The molecule has 0 amide bonds. The number of benzene rings is 6. The molecule has 0 bridgehead atoms. The van der Waals surface area contributed by atoms with Crippen LogP contribution in [0.2, 0.25) is 0 Å². The lowest BCUT2D eigenvalue weighted by Gasteiger charge is -2.18. The smallest absolute Gasteiger partial charge is 0.0361 e. The van der Waals surface area contributed by atoms with Gasteiger partial charge in [-0.05, 0) is 98.0 Å². The number of hydrogen-bond acceptors (Lipinski definition) is 2. The Hall–Kier alpha value is -4.37. The van der Waals surface area contributed by atoms with Gasteiger partial charge in [-0.25, -0.2) is 0 Å². The highest BCUT2D eigenvalue weighted by molar-refractivity contribution is 8.03. The van der Waals surface area contributed by atoms with E-state index in [4.69, 9.17) is 0 Å². The van der Waals surface area contributed by atoms with Crippen LogP contribution in [-0.2, 0) is 6.42 Å². The molecule has 7 aromatic rings. The normalized spacial score (nSPS) is 15.2. The van der Waals surface area contributed by atoms with Crippen molar-refractivity contribution in [1.82, 2.24) is 0 Å². The lowest BCUT2D eigenvalue weighted by atomic mass is 9.86. The number of allylic oxidation sites excluding steroid dienone is 8. The van der Waals surface area contributed by atoms with Crippen LogP contribution >= 0.6 is 23.1 Å². The molecule has 0 nitrogen and oxygen atoms in total. The highest BCUT2D eigenvalue weighted by atomic mass is 32.2. The van der Waals surface area contributed by atoms with E-state index in [9.17, 15) is 0 Å². The molecule has 6 aromatic carbocycles. The monoisotopic (exact) mass is 600 g/mol. The minimum atomic E-state index is 0.984. The molecule has 0 unspecified atom stereocenters. The summed E-state index contributed by atoms with van der Waals surface area (Å²) < 4.78 is 2.73. The van der Waals surface area contributed by atoms with Crippen molar-refractivity contribution in [3.63, 3.8) is 0 Å². The fraction of sp³-hybridized carbons (Fsp3) is 0.0952. The van der Waals surface area contributed by atoms with Gasteiger partial charge >= 0.3 is 0 Å². The Morgan fingerprint density at radius 3 is 1.84 bits per heavy atom. The van der Waals surface area contributed by atoms with Gasteiger partial charge in [0.1, 0.15) is 0 Å². The van der Waals surface area contributed by atoms with Gasteiger partial charge in [0.05, 0.1) is 0 Å². The predicted octanol–water partition coefficient (Wildman–Crippen LogP) is 13.1. The van der Waals surface area contributed by atoms with E-state index in [0.29, 0.717) is 0 Å². The number of rotatable bonds is 4. The number of thioether (sulfide) groups is 1. The average molecular weight is 601 g/mol. The second-order valence-electron chi connectivity index (χ2n) is 11.7. The Bertz CT molecular complexity index is 2350. The third-order valence-corrected chi connectivity index (χ3v) is 11.3. The zero-order valence-corrected chi connectivity index (χ0v) is 26.8. The van der Waals surface area contributed by atoms with E-state index in [2.05, 4.69) is 148 Å². The van der Waals surface area contributed by atoms with E-state index in [1.807, 2.05) is 23.1 Å². The van der Waals surface area contributed by atoms with Crippen molar-refractivity contribution in [3.8, 4) is 0 Å². The van der Waals surface area contributed by atoms with Crippen LogP contribution in [0.3, 0.4) is 0 Å². The molecule has 1 aliphatic heterocycles. The standard InChI is InChI=1S/C42H32S2/c1-4-5-12-26(2)39-30-13-6-8-15-32(30)40(33-16-9-7-14-31(33)39)27(3)19-21-29-25-28-20-22-34-35(42(28)43-29)23-24-38-41(34)36-17-10-11-18-37(36)44-38/h4-24H,25H2,1-3H3/b5-4-,26-12+,27-19+,29-21+. The van der Waals surface area contributed by atoms with Crippen LogP contribution in [0.5, 0.6) is 0 Å². The maximum Gasteiger partial charge on any atom is 0.0361 e. The van der Waals surface area contributed by atoms with Gasteiger partial charge in [0.2, 0.25) is 0 Å². The van der Waals surface area contributed by atoms with Crippen molar-refractivity contribution in [1.29, 1.82) is 0 Å². The van der Waals surface area contributed by atoms with Crippen LogP contribution in [-0.4, -0.2) is 0 Å². The average Bonchev–Trinajstić information content (AvgIpc) is 3.66. The molecule has 1 aliphatic rings. The summed E-state index contributed by atoms with van der Waals surface area (Å²) in [5.74, 6) is 0. The van der Waals surface area contributed by atoms with Gasteiger partial charge in [-0.3, -0.25) is 0 Å². The van der Waals surface area contributed by atoms with Crippen LogP contribution in [0, 0.1) is 0 Å². The molecule has 0 saturated carbocycles. The fourth-order valence-electron chi connectivity index (χ4n) is 6.96. The molecule has 0 atom stereocenters. The van der Waals surface area contributed by atoms with Gasteiger partial charge in [0, 0.05) is 31.5 Å². The number of thiophene rings is 1. The van der Waals surface area contributed by atoms with Crippen molar-refractivity contribution in [2.24, 2.45) is 0 Å². The van der Waals surface area contributed by atoms with Crippen LogP contribution in [0.4, 0.5) is 0 Å². The molecule has 0 fully saturated rings. The van der Waals surface area contributed by atoms with Crippen molar-refractivity contribution in [3.05, 3.63) is 149 Å². The van der Waals surface area contributed by atoms with E-state index in [0.717, 1.165) is 6.42 Å². The Labute approximate surface area is 266 Å². The molecule has 0 radical (unpaired) electrons. The zero-order chi connectivity index (χ0) is 29.8. The first-order valence-electron chi connectivity index (χ1n) is 15.3. The van der Waals surface area contributed by atoms with E-state index >= 15 is 0 Å². The maximum absolute atomic E-state index is 2.36. The van der Waals surface area contributed by atoms with Crippen LogP contribution in [0.25, 0.3) is 63.6 Å². The first-order chi connectivity index (χ1) is 21.6. The molecule has 44 heavy (non-hydrogen) atoms. The van der Waals surface area contributed by atoms with Gasteiger partial charge < -0.3 is 0 Å². The lowest BCUT2D eigenvalue weighted by molar-refractivity contribution is 1.23. The molecule has 2 heterocycles. The molecule has 0 saturated heterocycles. The lowest BCUT2D eigenvalue weighted by Crippen LogP contribution is -1.93. The van der Waals surface area contributed by atoms with Crippen molar-refractivity contribution in [2.45, 2.75) is 32.1 Å². The van der Waals surface area contributed by atoms with E-state index in [1.165, 1.54) is 90.1 Å². The molecular weight excluding hydrogens is 569 g/mol. The van der Waals surface area contributed by atoms with Crippen LogP contribution in [0.15, 0.2) is 137 Å². The molecular formula is C42H32S2. The van der Waals surface area contributed by atoms with Crippen LogP contribution in [0.1, 0.15) is 37.5 Å². The molecule has 0 N–H and O–H groups in total. The topological polar surface area (TPSA) is 0 Å². The third kappa shape index (κ3) is 4.36. The minimum Gasteiger partial charge on any atom is -0.135 e. The van der Waals surface area contributed by atoms with Crippen LogP contribution < -0.4 is 0 Å². The first kappa shape index (κ1) is 27.2. The number of hydrogen-bond donors (Lipinski definition) is 0. The first-order valence-corrected chi connectivity index (χ1v) is 16.9. The summed E-state index contributed by atoms with van der Waals surface area (Å²) in [6.07, 6.45) is 12.1. The second kappa shape index (κ2) is 11.0. The summed E-state index contributed by atoms with van der Waals surface area (Å²) in [6.45, 7) is 6.57. The van der Waals surface area contributed by atoms with Gasteiger partial charge in [-0.1, -0.05) is 127 Å². The van der Waals surface area contributed by atoms with Gasteiger partial charge in [-0.15, -0.1) is 11.3 Å². The predicted molar refractivity (Wildman–Crippen MR) is 198 cm³/mol. The second-order valence-corrected chi connectivity index (χ2v) is 13.9. The summed E-state index contributed by atoms with van der Waals surface area (Å²) >= 11 is 3.84. The Morgan fingerprint density at radius 1 is 0.591 bits per heavy atom. The molecule has 0 spiro atoms. The van der Waals surface area contributed by atoms with E-state index in [-0.39, 0.29) is 0 Å². The summed E-state index contributed by atoms with van der Waals surface area (Å²) in [4.78, 5) is 2.82. The molecule has 212 valence electrons. The molecule has 8 rings (SSSR count). The summed E-state index contributed by atoms with van der Waals surface area (Å²) in [7, 11) is 0. The van der Waals surface area contributed by atoms with Crippen molar-refractivity contribution < 1.29 is 0 Å². The zero-order valence-electron chi connectivity index (χ0n) is 25.1.